The molecule has 0 amide bonds. The standard InChI is InChI=1S/C28H13F5N4OS4/c1-12-10-13(2-4-15(12)29)18-6-8-20(39-18)22-24-26(36-41-34-24)23(27-25(22)35-42-37-27)21-9-7-19(40-21)14-3-5-16(30)17(11-14)38-28(31,32)33/h2-11H,1H3. The molecule has 0 N–H and O–H groups in total. The summed E-state index contributed by atoms with van der Waals surface area (Å²) in [4.78, 5) is 3.22. The predicted molar refractivity (Wildman–Crippen MR) is 158 cm³/mol. The van der Waals surface area contributed by atoms with E-state index in [1.165, 1.54) is 34.8 Å². The summed E-state index contributed by atoms with van der Waals surface area (Å²) in [5.74, 6) is -2.27. The fraction of sp³-hybridized carbons (Fsp3) is 0.0714. The monoisotopic (exact) mass is 644 g/mol. The van der Waals surface area contributed by atoms with E-state index >= 15 is 0 Å². The molecule has 7 rings (SSSR count). The Morgan fingerprint density at radius 1 is 0.667 bits per heavy atom. The highest BCUT2D eigenvalue weighted by Crippen LogP contribution is 2.54. The van der Waals surface area contributed by atoms with Crippen molar-refractivity contribution in [2.45, 2.75) is 13.3 Å². The van der Waals surface area contributed by atoms with Gasteiger partial charge < -0.3 is 4.74 Å². The van der Waals surface area contributed by atoms with Gasteiger partial charge in [-0.05, 0) is 72.1 Å². The summed E-state index contributed by atoms with van der Waals surface area (Å²) in [5, 5.41) is 0. The average Bonchev–Trinajstić information content (AvgIpc) is 3.76. The molecule has 14 heteroatoms. The molecule has 0 saturated heterocycles. The number of fused-ring (bicyclic) bond motifs is 2. The van der Waals surface area contributed by atoms with Gasteiger partial charge in [0.1, 0.15) is 28.2 Å². The number of ether oxygens (including phenoxy) is 1. The van der Waals surface area contributed by atoms with Crippen molar-refractivity contribution in [2.24, 2.45) is 8.73 Å². The molecule has 4 heterocycles. The number of nitrogens with zero attached hydrogens (tertiary/aromatic N) is 4. The zero-order valence-electron chi connectivity index (χ0n) is 21.0. The lowest BCUT2D eigenvalue weighted by molar-refractivity contribution is -0.275. The number of aryl methyl sites for hydroxylation is 1. The second kappa shape index (κ2) is 10.2. The number of benzene rings is 3. The van der Waals surface area contributed by atoms with Gasteiger partial charge in [-0.15, -0.1) is 35.8 Å². The first-order valence-corrected chi connectivity index (χ1v) is 15.2. The lowest BCUT2D eigenvalue weighted by Crippen LogP contribution is -2.17. The number of aromatic nitrogens is 2. The first-order chi connectivity index (χ1) is 20.2. The van der Waals surface area contributed by atoms with Crippen LogP contribution in [0.1, 0.15) is 5.56 Å². The number of hydrogen-bond donors (Lipinski definition) is 0. The minimum absolute atomic E-state index is 0.261. The number of rotatable bonds is 5. The van der Waals surface area contributed by atoms with Crippen LogP contribution >= 0.6 is 34.4 Å². The molecule has 210 valence electrons. The normalized spacial score (nSPS) is 12.6. The van der Waals surface area contributed by atoms with Crippen LogP contribution in [0.25, 0.3) is 52.8 Å². The molecular formula is C28H13F5N4OS4. The highest BCUT2D eigenvalue weighted by atomic mass is 32.1. The fourth-order valence-corrected chi connectivity index (χ4v) is 7.85. The molecule has 0 radical (unpaired) electrons. The van der Waals surface area contributed by atoms with Gasteiger partial charge in [-0.3, -0.25) is 0 Å². The number of thiophene rings is 2. The van der Waals surface area contributed by atoms with Gasteiger partial charge in [0, 0.05) is 30.6 Å². The number of alkyl halides is 3. The Morgan fingerprint density at radius 2 is 1.19 bits per heavy atom. The summed E-state index contributed by atoms with van der Waals surface area (Å²) in [7, 11) is 0. The van der Waals surface area contributed by atoms with Crippen molar-refractivity contribution >= 4 is 68.2 Å². The summed E-state index contributed by atoms with van der Waals surface area (Å²) < 4.78 is 88.4. The van der Waals surface area contributed by atoms with Crippen LogP contribution in [0.5, 0.6) is 5.75 Å². The molecule has 0 saturated carbocycles. The third-order valence-corrected chi connectivity index (χ3v) is 9.87. The van der Waals surface area contributed by atoms with E-state index in [0.29, 0.717) is 44.0 Å². The van der Waals surface area contributed by atoms with E-state index in [2.05, 4.69) is 22.2 Å². The molecule has 1 aliphatic rings. The van der Waals surface area contributed by atoms with E-state index in [1.54, 1.807) is 19.1 Å². The zero-order chi connectivity index (χ0) is 29.2. The van der Waals surface area contributed by atoms with Crippen LogP contribution < -0.4 is 4.74 Å². The van der Waals surface area contributed by atoms with Crippen molar-refractivity contribution in [3.05, 3.63) is 77.9 Å². The highest BCUT2D eigenvalue weighted by Gasteiger charge is 2.33. The second-order valence-electron chi connectivity index (χ2n) is 9.16. The van der Waals surface area contributed by atoms with Crippen LogP contribution in [0, 0.1) is 18.6 Å². The number of halogens is 5. The Morgan fingerprint density at radius 3 is 1.74 bits per heavy atom. The lowest BCUT2D eigenvalue weighted by atomic mass is 10.0. The maximum Gasteiger partial charge on any atom is 0.573 e. The topological polar surface area (TPSA) is 59.7 Å². The molecule has 6 aromatic rings. The van der Waals surface area contributed by atoms with Crippen LogP contribution in [-0.2, 0) is 11.4 Å². The largest absolute Gasteiger partial charge is 0.573 e. The lowest BCUT2D eigenvalue weighted by Gasteiger charge is -2.11. The van der Waals surface area contributed by atoms with Crippen molar-refractivity contribution in [3.8, 4) is 47.5 Å². The van der Waals surface area contributed by atoms with E-state index in [4.69, 9.17) is 0 Å². The molecule has 0 spiro atoms. The molecule has 0 fully saturated rings. The SMILES string of the molecule is Cc1cc(-c2ccc(-c3c4c(c(-c5ccc(-c6ccc(F)c(OC(F)(F)F)c6)s5)c5nsnc35)N=S=N4)s2)ccc1F. The molecule has 0 aliphatic carbocycles. The summed E-state index contributed by atoms with van der Waals surface area (Å²) >= 11 is 4.94. The van der Waals surface area contributed by atoms with Crippen LogP contribution in [-0.4, -0.2) is 15.1 Å². The summed E-state index contributed by atoms with van der Waals surface area (Å²) in [6.45, 7) is 1.72. The van der Waals surface area contributed by atoms with Crippen molar-refractivity contribution < 1.29 is 26.7 Å². The molecular weight excluding hydrogens is 632 g/mol. The predicted octanol–water partition coefficient (Wildman–Crippen LogP) is 10.7. The van der Waals surface area contributed by atoms with Crippen molar-refractivity contribution in [3.63, 3.8) is 0 Å². The molecule has 5 nitrogen and oxygen atoms in total. The van der Waals surface area contributed by atoms with E-state index in [0.717, 1.165) is 61.0 Å². The quantitative estimate of drug-likeness (QED) is 0.175. The zero-order valence-corrected chi connectivity index (χ0v) is 24.3. The van der Waals surface area contributed by atoms with E-state index in [9.17, 15) is 22.0 Å². The Bertz CT molecular complexity index is 2110. The fourth-order valence-electron chi connectivity index (χ4n) is 4.64. The third kappa shape index (κ3) is 4.73. The first-order valence-electron chi connectivity index (χ1n) is 12.1. The second-order valence-corrected chi connectivity index (χ2v) is 12.4. The Kier molecular flexibility index (Phi) is 6.53. The number of hydrogen-bond acceptors (Lipinski definition) is 8. The van der Waals surface area contributed by atoms with Gasteiger partial charge in [-0.25, -0.2) is 8.78 Å². The van der Waals surface area contributed by atoms with Gasteiger partial charge >= 0.3 is 6.36 Å². The summed E-state index contributed by atoms with van der Waals surface area (Å²) in [6, 6.07) is 15.9. The van der Waals surface area contributed by atoms with Gasteiger partial charge in [0.2, 0.25) is 0 Å². The average molecular weight is 645 g/mol. The van der Waals surface area contributed by atoms with Crippen LogP contribution in [0.4, 0.5) is 33.3 Å². The van der Waals surface area contributed by atoms with Crippen LogP contribution in [0.3, 0.4) is 0 Å². The van der Waals surface area contributed by atoms with Gasteiger partial charge in [0.25, 0.3) is 0 Å². The Balaban J connectivity index is 1.32. The van der Waals surface area contributed by atoms with Crippen molar-refractivity contribution in [1.82, 2.24) is 8.75 Å². The smallest absolute Gasteiger partial charge is 0.403 e. The molecule has 0 bridgehead atoms. The maximum absolute atomic E-state index is 14.0. The van der Waals surface area contributed by atoms with E-state index in [1.807, 2.05) is 24.3 Å². The van der Waals surface area contributed by atoms with Gasteiger partial charge in [-0.1, -0.05) is 12.1 Å². The van der Waals surface area contributed by atoms with Gasteiger partial charge in [0.15, 0.2) is 11.6 Å². The van der Waals surface area contributed by atoms with Gasteiger partial charge in [0.05, 0.1) is 23.1 Å². The molecule has 0 atom stereocenters. The summed E-state index contributed by atoms with van der Waals surface area (Å²) in [5.41, 5.74) is 5.88. The minimum atomic E-state index is -5.02. The molecule has 0 unspecified atom stereocenters. The minimum Gasteiger partial charge on any atom is -0.403 e. The first kappa shape index (κ1) is 27.0. The third-order valence-electron chi connectivity index (χ3n) is 6.51. The molecule has 3 aromatic carbocycles. The van der Waals surface area contributed by atoms with E-state index < -0.39 is 17.9 Å². The van der Waals surface area contributed by atoms with Gasteiger partial charge in [-0.2, -0.15) is 17.5 Å². The van der Waals surface area contributed by atoms with Crippen molar-refractivity contribution in [1.29, 1.82) is 0 Å². The summed E-state index contributed by atoms with van der Waals surface area (Å²) in [6.07, 6.45) is -5.02. The Labute approximate surface area is 250 Å². The van der Waals surface area contributed by atoms with E-state index in [-0.39, 0.29) is 5.82 Å². The molecule has 42 heavy (non-hydrogen) atoms. The molecule has 3 aromatic heterocycles. The van der Waals surface area contributed by atoms with Crippen LogP contribution in [0.2, 0.25) is 0 Å². The maximum atomic E-state index is 14.0. The van der Waals surface area contributed by atoms with Crippen LogP contribution in [0.15, 0.2) is 69.4 Å². The highest BCUT2D eigenvalue weighted by molar-refractivity contribution is 7.58. The van der Waals surface area contributed by atoms with Crippen molar-refractivity contribution in [2.75, 3.05) is 0 Å². The molecule has 1 aliphatic heterocycles. The Hall–Kier alpha value is -3.85.